The number of allylic oxidation sites excluding steroid dienone is 6. The molecule has 0 radical (unpaired) electrons. The maximum absolute atomic E-state index is 6.23. The topological polar surface area (TPSA) is 13.1 Å². The highest BCUT2D eigenvalue weighted by Crippen LogP contribution is 2.40. The second-order valence-electron chi connectivity index (χ2n) is 8.30. The molecule has 0 spiro atoms. The summed E-state index contributed by atoms with van der Waals surface area (Å²) in [5.41, 5.74) is 6.62. The van der Waals surface area contributed by atoms with Crippen LogP contribution in [-0.4, -0.2) is 0 Å². The van der Waals surface area contributed by atoms with Gasteiger partial charge in [0.1, 0.15) is 11.2 Å². The standard InChI is InChI=1S/C31H30O/c1-5-13-22(4)19-26(24-15-9-8-10-16-24)28-20-29-25-17-11-12-18-30(25)32-31(29)21-27(28)23(7-3)14-6-2/h5-18,20-22,26H,2-3,19H2,1,4H3/b13-5-,23-14+. The number of hydrogen-bond donors (Lipinski definition) is 0. The summed E-state index contributed by atoms with van der Waals surface area (Å²) >= 11 is 0. The first kappa shape index (κ1) is 21.6. The second-order valence-corrected chi connectivity index (χ2v) is 8.30. The van der Waals surface area contributed by atoms with E-state index in [9.17, 15) is 0 Å². The minimum absolute atomic E-state index is 0.239. The summed E-state index contributed by atoms with van der Waals surface area (Å²) < 4.78 is 6.23. The van der Waals surface area contributed by atoms with E-state index >= 15 is 0 Å². The van der Waals surface area contributed by atoms with E-state index in [4.69, 9.17) is 4.42 Å². The molecule has 32 heavy (non-hydrogen) atoms. The molecule has 1 aromatic heterocycles. The molecule has 0 aliphatic carbocycles. The first-order chi connectivity index (χ1) is 15.7. The fraction of sp³-hybridized carbons (Fsp3) is 0.161. The van der Waals surface area contributed by atoms with Gasteiger partial charge in [0.25, 0.3) is 0 Å². The Balaban J connectivity index is 2.02. The monoisotopic (exact) mass is 418 g/mol. The molecule has 0 saturated heterocycles. The summed E-state index contributed by atoms with van der Waals surface area (Å²) in [6, 6.07) is 23.6. The van der Waals surface area contributed by atoms with Crippen molar-refractivity contribution >= 4 is 27.5 Å². The van der Waals surface area contributed by atoms with Gasteiger partial charge in [-0.05, 0) is 59.7 Å². The first-order valence-corrected chi connectivity index (χ1v) is 11.2. The maximum Gasteiger partial charge on any atom is 0.136 e. The Hall–Kier alpha value is -3.58. The Kier molecular flexibility index (Phi) is 6.56. The molecule has 0 aliphatic rings. The minimum Gasteiger partial charge on any atom is -0.456 e. The summed E-state index contributed by atoms with van der Waals surface area (Å²) in [4.78, 5) is 0. The lowest BCUT2D eigenvalue weighted by molar-refractivity contribution is 0.589. The fourth-order valence-electron chi connectivity index (χ4n) is 4.63. The van der Waals surface area contributed by atoms with Gasteiger partial charge < -0.3 is 4.42 Å². The molecule has 0 N–H and O–H groups in total. The van der Waals surface area contributed by atoms with Crippen molar-refractivity contribution in [3.8, 4) is 0 Å². The quantitative estimate of drug-likeness (QED) is 0.205. The third kappa shape index (κ3) is 4.24. The highest BCUT2D eigenvalue weighted by atomic mass is 16.3. The minimum atomic E-state index is 0.239. The molecule has 0 amide bonds. The second kappa shape index (κ2) is 9.70. The molecule has 2 unspecified atom stereocenters. The summed E-state index contributed by atoms with van der Waals surface area (Å²) in [6.45, 7) is 12.4. The molecule has 1 heteroatoms. The molecule has 4 aromatic rings. The average molecular weight is 419 g/mol. The van der Waals surface area contributed by atoms with Crippen LogP contribution in [0, 0.1) is 5.92 Å². The predicted octanol–water partition coefficient (Wildman–Crippen LogP) is 9.08. The van der Waals surface area contributed by atoms with Gasteiger partial charge in [-0.3, -0.25) is 0 Å². The summed E-state index contributed by atoms with van der Waals surface area (Å²) in [5.74, 6) is 0.689. The summed E-state index contributed by atoms with van der Waals surface area (Å²) in [5, 5.41) is 2.30. The fourth-order valence-corrected chi connectivity index (χ4v) is 4.63. The Bertz CT molecular complexity index is 1300. The highest BCUT2D eigenvalue weighted by Gasteiger charge is 2.22. The molecule has 0 aliphatic heterocycles. The van der Waals surface area contributed by atoms with Crippen LogP contribution in [0.15, 0.2) is 115 Å². The largest absolute Gasteiger partial charge is 0.456 e. The average Bonchev–Trinajstić information content (AvgIpc) is 3.18. The van der Waals surface area contributed by atoms with Gasteiger partial charge in [0.15, 0.2) is 0 Å². The van der Waals surface area contributed by atoms with Crippen LogP contribution in [0.25, 0.3) is 27.5 Å². The predicted molar refractivity (Wildman–Crippen MR) is 139 cm³/mol. The van der Waals surface area contributed by atoms with Crippen molar-refractivity contribution in [1.82, 2.24) is 0 Å². The molecule has 2 atom stereocenters. The molecule has 1 nitrogen and oxygen atoms in total. The van der Waals surface area contributed by atoms with Gasteiger partial charge in [-0.25, -0.2) is 0 Å². The van der Waals surface area contributed by atoms with Crippen molar-refractivity contribution in [2.45, 2.75) is 26.2 Å². The molecule has 160 valence electrons. The zero-order valence-electron chi connectivity index (χ0n) is 18.9. The molecule has 1 heterocycles. The molecule has 0 saturated carbocycles. The summed E-state index contributed by atoms with van der Waals surface area (Å²) in [6.07, 6.45) is 11.2. The SMILES string of the molecule is C=C/C=C(\C=C)c1cc2oc3ccccc3c2cc1C(CC(C)/C=C\C)c1ccccc1. The van der Waals surface area contributed by atoms with Crippen molar-refractivity contribution < 1.29 is 4.42 Å². The van der Waals surface area contributed by atoms with Crippen LogP contribution < -0.4 is 0 Å². The lowest BCUT2D eigenvalue weighted by Crippen LogP contribution is -2.08. The van der Waals surface area contributed by atoms with Gasteiger partial charge >= 0.3 is 0 Å². The van der Waals surface area contributed by atoms with Crippen molar-refractivity contribution in [1.29, 1.82) is 0 Å². The summed E-state index contributed by atoms with van der Waals surface area (Å²) in [7, 11) is 0. The van der Waals surface area contributed by atoms with Crippen molar-refractivity contribution in [2.24, 2.45) is 5.92 Å². The van der Waals surface area contributed by atoms with Crippen LogP contribution in [0.4, 0.5) is 0 Å². The van der Waals surface area contributed by atoms with E-state index in [2.05, 4.69) is 93.8 Å². The smallest absolute Gasteiger partial charge is 0.136 e. The van der Waals surface area contributed by atoms with Crippen LogP contribution in [0.5, 0.6) is 0 Å². The van der Waals surface area contributed by atoms with Gasteiger partial charge in [-0.15, -0.1) is 0 Å². The zero-order chi connectivity index (χ0) is 22.5. The molecular weight excluding hydrogens is 388 g/mol. The highest BCUT2D eigenvalue weighted by molar-refractivity contribution is 6.06. The van der Waals surface area contributed by atoms with E-state index in [1.807, 2.05) is 30.4 Å². The molecule has 0 fully saturated rings. The number of benzene rings is 3. The van der Waals surface area contributed by atoms with Crippen LogP contribution >= 0.6 is 0 Å². The van der Waals surface area contributed by atoms with Gasteiger partial charge in [-0.2, -0.15) is 0 Å². The van der Waals surface area contributed by atoms with E-state index in [0.717, 1.165) is 39.5 Å². The van der Waals surface area contributed by atoms with Crippen LogP contribution in [0.2, 0.25) is 0 Å². The van der Waals surface area contributed by atoms with Crippen molar-refractivity contribution in [2.75, 3.05) is 0 Å². The Labute approximate surface area is 191 Å². The van der Waals surface area contributed by atoms with Gasteiger partial charge in [0.05, 0.1) is 0 Å². The van der Waals surface area contributed by atoms with Crippen molar-refractivity contribution in [3.63, 3.8) is 0 Å². The lowest BCUT2D eigenvalue weighted by atomic mass is 9.80. The van der Waals surface area contributed by atoms with Crippen molar-refractivity contribution in [3.05, 3.63) is 127 Å². The number of para-hydroxylation sites is 1. The molecule has 0 bridgehead atoms. The third-order valence-electron chi connectivity index (χ3n) is 6.08. The Morgan fingerprint density at radius 1 is 0.938 bits per heavy atom. The Morgan fingerprint density at radius 3 is 2.41 bits per heavy atom. The number of fused-ring (bicyclic) bond motifs is 3. The first-order valence-electron chi connectivity index (χ1n) is 11.2. The number of hydrogen-bond acceptors (Lipinski definition) is 1. The van der Waals surface area contributed by atoms with E-state index in [1.165, 1.54) is 11.1 Å². The van der Waals surface area contributed by atoms with Crippen LogP contribution in [0.3, 0.4) is 0 Å². The maximum atomic E-state index is 6.23. The normalized spacial score (nSPS) is 14.1. The molecule has 3 aromatic carbocycles. The van der Waals surface area contributed by atoms with Crippen LogP contribution in [-0.2, 0) is 0 Å². The van der Waals surface area contributed by atoms with Crippen LogP contribution in [0.1, 0.15) is 42.9 Å². The van der Waals surface area contributed by atoms with Gasteiger partial charge in [0, 0.05) is 16.7 Å². The molecular formula is C31H30O. The van der Waals surface area contributed by atoms with E-state index in [0.29, 0.717) is 5.92 Å². The van der Waals surface area contributed by atoms with Gasteiger partial charge in [-0.1, -0.05) is 99.0 Å². The Morgan fingerprint density at radius 2 is 1.69 bits per heavy atom. The van der Waals surface area contributed by atoms with E-state index < -0.39 is 0 Å². The van der Waals surface area contributed by atoms with Gasteiger partial charge in [0.2, 0.25) is 0 Å². The number of furan rings is 1. The number of rotatable bonds is 8. The van der Waals surface area contributed by atoms with E-state index in [1.54, 1.807) is 0 Å². The zero-order valence-corrected chi connectivity index (χ0v) is 18.9. The molecule has 4 rings (SSSR count). The third-order valence-corrected chi connectivity index (χ3v) is 6.08. The van der Waals surface area contributed by atoms with E-state index in [-0.39, 0.29) is 5.92 Å². The lowest BCUT2D eigenvalue weighted by Gasteiger charge is -2.24.